The highest BCUT2D eigenvalue weighted by Gasteiger charge is 2.20. The first kappa shape index (κ1) is 15.5. The van der Waals surface area contributed by atoms with E-state index in [1.807, 2.05) is 13.8 Å². The van der Waals surface area contributed by atoms with E-state index in [-0.39, 0.29) is 10.8 Å². The number of aliphatic carboxylic acids is 1. The summed E-state index contributed by atoms with van der Waals surface area (Å²) in [5, 5.41) is 9.05. The molecule has 6 heteroatoms. The zero-order valence-electron chi connectivity index (χ0n) is 11.2. The van der Waals surface area contributed by atoms with Gasteiger partial charge in [0.2, 0.25) is 0 Å². The average Bonchev–Trinajstić information content (AvgIpc) is 2.27. The van der Waals surface area contributed by atoms with Gasteiger partial charge in [-0.1, -0.05) is 13.8 Å². The monoisotopic (exact) mass is 286 g/mol. The Morgan fingerprint density at radius 1 is 1.26 bits per heavy atom. The van der Waals surface area contributed by atoms with Gasteiger partial charge >= 0.3 is 5.97 Å². The normalized spacial score (nSPS) is 13.3. The minimum absolute atomic E-state index is 0.176. The SMILES string of the molecule is CC(C)C[C@@H](Oc1ccc(S(C)(=O)=O)cc1)C(=O)O. The first-order chi connectivity index (χ1) is 8.70. The molecule has 0 heterocycles. The summed E-state index contributed by atoms with van der Waals surface area (Å²) in [6.45, 7) is 3.82. The predicted molar refractivity (Wildman–Crippen MR) is 71.1 cm³/mol. The summed E-state index contributed by atoms with van der Waals surface area (Å²) in [5.41, 5.74) is 0. The minimum Gasteiger partial charge on any atom is -0.479 e. The van der Waals surface area contributed by atoms with Crippen LogP contribution < -0.4 is 4.74 Å². The Labute approximate surface area is 113 Å². The van der Waals surface area contributed by atoms with E-state index in [0.717, 1.165) is 6.26 Å². The highest BCUT2D eigenvalue weighted by Crippen LogP contribution is 2.19. The smallest absolute Gasteiger partial charge is 0.344 e. The van der Waals surface area contributed by atoms with Crippen LogP contribution >= 0.6 is 0 Å². The van der Waals surface area contributed by atoms with E-state index in [4.69, 9.17) is 9.84 Å². The zero-order valence-corrected chi connectivity index (χ0v) is 12.0. The molecule has 0 saturated heterocycles. The van der Waals surface area contributed by atoms with Crippen molar-refractivity contribution >= 4 is 15.8 Å². The van der Waals surface area contributed by atoms with Crippen molar-refractivity contribution in [1.82, 2.24) is 0 Å². The Morgan fingerprint density at radius 3 is 2.16 bits per heavy atom. The predicted octanol–water partition coefficient (Wildman–Crippen LogP) is 1.97. The first-order valence-electron chi connectivity index (χ1n) is 5.89. The van der Waals surface area contributed by atoms with Crippen LogP contribution in [0.1, 0.15) is 20.3 Å². The van der Waals surface area contributed by atoms with Gasteiger partial charge in [-0.05, 0) is 36.6 Å². The molecule has 19 heavy (non-hydrogen) atoms. The number of carboxylic acids is 1. The third kappa shape index (κ3) is 4.90. The lowest BCUT2D eigenvalue weighted by Gasteiger charge is -2.17. The molecule has 0 aliphatic heterocycles. The van der Waals surface area contributed by atoms with E-state index in [0.29, 0.717) is 12.2 Å². The summed E-state index contributed by atoms with van der Waals surface area (Å²) in [7, 11) is -3.26. The van der Waals surface area contributed by atoms with E-state index in [2.05, 4.69) is 0 Å². The maximum Gasteiger partial charge on any atom is 0.344 e. The van der Waals surface area contributed by atoms with Crippen LogP contribution in [-0.4, -0.2) is 31.9 Å². The Kier molecular flexibility index (Phi) is 4.94. The molecule has 0 bridgehead atoms. The van der Waals surface area contributed by atoms with Crippen molar-refractivity contribution in [1.29, 1.82) is 0 Å². The van der Waals surface area contributed by atoms with E-state index in [1.165, 1.54) is 24.3 Å². The second-order valence-electron chi connectivity index (χ2n) is 4.82. The van der Waals surface area contributed by atoms with Crippen LogP contribution in [-0.2, 0) is 14.6 Å². The van der Waals surface area contributed by atoms with Gasteiger partial charge in [0, 0.05) is 6.26 Å². The highest BCUT2D eigenvalue weighted by molar-refractivity contribution is 7.90. The van der Waals surface area contributed by atoms with Crippen molar-refractivity contribution in [2.75, 3.05) is 6.26 Å². The van der Waals surface area contributed by atoms with Gasteiger partial charge in [0.1, 0.15) is 5.75 Å². The van der Waals surface area contributed by atoms with Crippen molar-refractivity contribution < 1.29 is 23.1 Å². The van der Waals surface area contributed by atoms with Crippen molar-refractivity contribution in [3.63, 3.8) is 0 Å². The largest absolute Gasteiger partial charge is 0.479 e. The Bertz CT molecular complexity index is 531. The Morgan fingerprint density at radius 2 is 1.79 bits per heavy atom. The fraction of sp³-hybridized carbons (Fsp3) is 0.462. The third-order valence-corrected chi connectivity index (χ3v) is 3.62. The molecule has 0 unspecified atom stereocenters. The molecule has 0 aliphatic rings. The summed E-state index contributed by atoms with van der Waals surface area (Å²) >= 11 is 0. The lowest BCUT2D eigenvalue weighted by atomic mass is 10.1. The fourth-order valence-corrected chi connectivity index (χ4v) is 2.19. The maximum atomic E-state index is 11.3. The topological polar surface area (TPSA) is 80.7 Å². The van der Waals surface area contributed by atoms with Gasteiger partial charge < -0.3 is 9.84 Å². The number of carboxylic acid groups (broad SMARTS) is 1. The molecule has 1 N–H and O–H groups in total. The summed E-state index contributed by atoms with van der Waals surface area (Å²) < 4.78 is 27.9. The molecular formula is C13H18O5S. The second kappa shape index (κ2) is 6.06. The Balaban J connectivity index is 2.84. The van der Waals surface area contributed by atoms with Gasteiger partial charge in [0.05, 0.1) is 4.90 Å². The van der Waals surface area contributed by atoms with Gasteiger partial charge in [0.25, 0.3) is 0 Å². The maximum absolute atomic E-state index is 11.3. The van der Waals surface area contributed by atoms with Crippen LogP contribution in [0.3, 0.4) is 0 Å². The molecule has 0 radical (unpaired) electrons. The number of rotatable bonds is 6. The lowest BCUT2D eigenvalue weighted by Crippen LogP contribution is -2.28. The van der Waals surface area contributed by atoms with Gasteiger partial charge in [0.15, 0.2) is 15.9 Å². The quantitative estimate of drug-likeness (QED) is 0.864. The van der Waals surface area contributed by atoms with Crippen molar-refractivity contribution in [2.24, 2.45) is 5.92 Å². The molecule has 0 saturated carbocycles. The zero-order chi connectivity index (χ0) is 14.6. The van der Waals surface area contributed by atoms with Crippen LogP contribution in [0.2, 0.25) is 0 Å². The molecule has 0 amide bonds. The van der Waals surface area contributed by atoms with Crippen LogP contribution in [0.5, 0.6) is 5.75 Å². The second-order valence-corrected chi connectivity index (χ2v) is 6.83. The van der Waals surface area contributed by atoms with Crippen molar-refractivity contribution in [2.45, 2.75) is 31.3 Å². The van der Waals surface area contributed by atoms with E-state index in [9.17, 15) is 13.2 Å². The van der Waals surface area contributed by atoms with E-state index < -0.39 is 21.9 Å². The molecule has 1 aromatic rings. The number of sulfone groups is 1. The van der Waals surface area contributed by atoms with Gasteiger partial charge in [-0.25, -0.2) is 13.2 Å². The minimum atomic E-state index is -3.26. The van der Waals surface area contributed by atoms with E-state index >= 15 is 0 Å². The van der Waals surface area contributed by atoms with Gasteiger partial charge in [-0.15, -0.1) is 0 Å². The van der Waals surface area contributed by atoms with Gasteiger partial charge in [-0.2, -0.15) is 0 Å². The van der Waals surface area contributed by atoms with Crippen molar-refractivity contribution in [3.8, 4) is 5.75 Å². The number of hydrogen-bond acceptors (Lipinski definition) is 4. The summed E-state index contributed by atoms with van der Waals surface area (Å²) in [5.74, 6) is -0.488. The standard InChI is InChI=1S/C13H18O5S/c1-9(2)8-12(13(14)15)18-10-4-6-11(7-5-10)19(3,16)17/h4-7,9,12H,8H2,1-3H3,(H,14,15)/t12-/m1/s1. The van der Waals surface area contributed by atoms with Crippen LogP contribution in [0.25, 0.3) is 0 Å². The summed E-state index contributed by atoms with van der Waals surface area (Å²) in [6, 6.07) is 5.73. The number of hydrogen-bond donors (Lipinski definition) is 1. The first-order valence-corrected chi connectivity index (χ1v) is 7.79. The van der Waals surface area contributed by atoms with Crippen molar-refractivity contribution in [3.05, 3.63) is 24.3 Å². The molecule has 1 aromatic carbocycles. The molecule has 0 fully saturated rings. The molecular weight excluding hydrogens is 268 g/mol. The average molecular weight is 286 g/mol. The molecule has 1 atom stereocenters. The molecule has 0 aliphatic carbocycles. The molecule has 5 nitrogen and oxygen atoms in total. The number of carbonyl (C=O) groups is 1. The summed E-state index contributed by atoms with van der Waals surface area (Å²) in [6.07, 6.45) is 0.578. The van der Waals surface area contributed by atoms with Gasteiger partial charge in [-0.3, -0.25) is 0 Å². The van der Waals surface area contributed by atoms with E-state index in [1.54, 1.807) is 0 Å². The lowest BCUT2D eigenvalue weighted by molar-refractivity contribution is -0.145. The third-order valence-electron chi connectivity index (χ3n) is 2.49. The summed E-state index contributed by atoms with van der Waals surface area (Å²) in [4.78, 5) is 11.2. The number of ether oxygens (including phenoxy) is 1. The molecule has 0 spiro atoms. The molecule has 1 rings (SSSR count). The molecule has 0 aromatic heterocycles. The molecule has 106 valence electrons. The van der Waals surface area contributed by atoms with Crippen LogP contribution in [0.15, 0.2) is 29.2 Å². The van der Waals surface area contributed by atoms with Crippen LogP contribution in [0, 0.1) is 5.92 Å². The number of benzene rings is 1. The Hall–Kier alpha value is -1.56. The fourth-order valence-electron chi connectivity index (χ4n) is 1.56. The highest BCUT2D eigenvalue weighted by atomic mass is 32.2. The van der Waals surface area contributed by atoms with Crippen LogP contribution in [0.4, 0.5) is 0 Å².